The number of carbonyl (C=O) groups excluding carboxylic acids is 2. The molecule has 1 atom stereocenters. The van der Waals surface area contributed by atoms with Crippen LogP contribution < -0.4 is 16.0 Å². The summed E-state index contributed by atoms with van der Waals surface area (Å²) in [5.41, 5.74) is 0.576. The second-order valence-electron chi connectivity index (χ2n) is 3.84. The molecule has 0 saturated heterocycles. The lowest BCUT2D eigenvalue weighted by Crippen LogP contribution is -2.45. The molecule has 19 heavy (non-hydrogen) atoms. The smallest absolute Gasteiger partial charge is 0.321 e. The minimum Gasteiger partial charge on any atom is -0.374 e. The Labute approximate surface area is 119 Å². The fraction of sp³-hybridized carbons (Fsp3) is 0.333. The molecule has 0 aromatic heterocycles. The first-order chi connectivity index (χ1) is 8.93. The van der Waals surface area contributed by atoms with Crippen LogP contribution in [0.1, 0.15) is 13.8 Å². The van der Waals surface area contributed by atoms with Gasteiger partial charge in [0.05, 0.1) is 4.47 Å². The zero-order valence-electron chi connectivity index (χ0n) is 10.6. The maximum absolute atomic E-state index is 13.0. The summed E-state index contributed by atoms with van der Waals surface area (Å²) in [6, 6.07) is 3.14. The normalized spacial score (nSPS) is 11.6. The van der Waals surface area contributed by atoms with Gasteiger partial charge in [0.25, 0.3) is 0 Å². The highest BCUT2D eigenvalue weighted by Crippen LogP contribution is 2.20. The van der Waals surface area contributed by atoms with E-state index >= 15 is 0 Å². The van der Waals surface area contributed by atoms with Gasteiger partial charge in [-0.1, -0.05) is 0 Å². The third-order valence-electron chi connectivity index (χ3n) is 2.27. The quantitative estimate of drug-likeness (QED) is 0.792. The highest BCUT2D eigenvalue weighted by molar-refractivity contribution is 9.10. The molecular weight excluding hydrogens is 317 g/mol. The Morgan fingerprint density at radius 3 is 2.68 bits per heavy atom. The van der Waals surface area contributed by atoms with E-state index in [0.717, 1.165) is 0 Å². The predicted molar refractivity (Wildman–Crippen MR) is 74.4 cm³/mol. The fourth-order valence-electron chi connectivity index (χ4n) is 1.33. The zero-order chi connectivity index (χ0) is 14.4. The SMILES string of the molecule is CCNC(=O)NC(=O)C(C)Nc1ccc(F)c(Br)c1. The van der Waals surface area contributed by atoms with Gasteiger partial charge in [0, 0.05) is 12.2 Å². The van der Waals surface area contributed by atoms with Crippen LogP contribution in [0.2, 0.25) is 0 Å². The minimum absolute atomic E-state index is 0.300. The van der Waals surface area contributed by atoms with E-state index in [1.165, 1.54) is 18.2 Å². The van der Waals surface area contributed by atoms with Crippen LogP contribution in [0.15, 0.2) is 22.7 Å². The molecule has 0 bridgehead atoms. The number of amides is 3. The molecule has 0 aliphatic heterocycles. The molecule has 0 saturated carbocycles. The molecule has 0 aliphatic carbocycles. The van der Waals surface area contributed by atoms with Crippen LogP contribution in [0.4, 0.5) is 14.9 Å². The molecule has 3 amide bonds. The Hall–Kier alpha value is -1.63. The van der Waals surface area contributed by atoms with Gasteiger partial charge in [-0.3, -0.25) is 10.1 Å². The van der Waals surface area contributed by atoms with E-state index in [-0.39, 0.29) is 5.82 Å². The molecule has 1 rings (SSSR count). The Morgan fingerprint density at radius 2 is 2.11 bits per heavy atom. The largest absolute Gasteiger partial charge is 0.374 e. The zero-order valence-corrected chi connectivity index (χ0v) is 12.2. The van der Waals surface area contributed by atoms with E-state index in [2.05, 4.69) is 31.9 Å². The first-order valence-electron chi connectivity index (χ1n) is 5.74. The monoisotopic (exact) mass is 331 g/mol. The van der Waals surface area contributed by atoms with Gasteiger partial charge in [-0.2, -0.15) is 0 Å². The van der Waals surface area contributed by atoms with Crippen molar-refractivity contribution in [3.8, 4) is 0 Å². The Morgan fingerprint density at radius 1 is 1.42 bits per heavy atom. The summed E-state index contributed by atoms with van der Waals surface area (Å²) in [6.45, 7) is 3.79. The van der Waals surface area contributed by atoms with Gasteiger partial charge in [-0.05, 0) is 48.0 Å². The predicted octanol–water partition coefficient (Wildman–Crippen LogP) is 2.23. The molecule has 3 N–H and O–H groups in total. The van der Waals surface area contributed by atoms with Crippen molar-refractivity contribution in [1.29, 1.82) is 0 Å². The molecule has 0 aliphatic rings. The number of imide groups is 1. The third-order valence-corrected chi connectivity index (χ3v) is 2.88. The maximum atomic E-state index is 13.0. The molecule has 7 heteroatoms. The van der Waals surface area contributed by atoms with Gasteiger partial charge >= 0.3 is 6.03 Å². The number of carbonyl (C=O) groups is 2. The summed E-state index contributed by atoms with van der Waals surface area (Å²) in [5.74, 6) is -0.851. The van der Waals surface area contributed by atoms with Crippen LogP contribution in [-0.2, 0) is 4.79 Å². The van der Waals surface area contributed by atoms with Crippen molar-refractivity contribution >= 4 is 33.6 Å². The van der Waals surface area contributed by atoms with Crippen molar-refractivity contribution in [3.63, 3.8) is 0 Å². The van der Waals surface area contributed by atoms with Crippen LogP contribution in [-0.4, -0.2) is 24.5 Å². The number of rotatable bonds is 4. The summed E-state index contributed by atoms with van der Waals surface area (Å²) in [5, 5.41) is 7.51. The van der Waals surface area contributed by atoms with Crippen LogP contribution in [0.3, 0.4) is 0 Å². The number of anilines is 1. The second-order valence-corrected chi connectivity index (χ2v) is 4.70. The highest BCUT2D eigenvalue weighted by atomic mass is 79.9. The van der Waals surface area contributed by atoms with Crippen molar-refractivity contribution in [2.75, 3.05) is 11.9 Å². The van der Waals surface area contributed by atoms with E-state index < -0.39 is 18.0 Å². The molecule has 1 aromatic rings. The Balaban J connectivity index is 2.58. The standard InChI is InChI=1S/C12H15BrFN3O2/c1-3-15-12(19)17-11(18)7(2)16-8-4-5-10(14)9(13)6-8/h4-7,16H,3H2,1-2H3,(H2,15,17,18,19). The second kappa shape index (κ2) is 7.08. The van der Waals surface area contributed by atoms with Crippen LogP contribution in [0, 0.1) is 5.82 Å². The van der Waals surface area contributed by atoms with E-state index in [9.17, 15) is 14.0 Å². The molecule has 1 aromatic carbocycles. The van der Waals surface area contributed by atoms with Gasteiger partial charge in [-0.15, -0.1) is 0 Å². The number of hydrogen-bond acceptors (Lipinski definition) is 3. The van der Waals surface area contributed by atoms with Crippen LogP contribution >= 0.6 is 15.9 Å². The van der Waals surface area contributed by atoms with Gasteiger partial charge in [0.15, 0.2) is 0 Å². The number of benzene rings is 1. The van der Waals surface area contributed by atoms with Crippen molar-refractivity contribution in [2.24, 2.45) is 0 Å². The molecule has 1 unspecified atom stereocenters. The van der Waals surface area contributed by atoms with E-state index in [4.69, 9.17) is 0 Å². The number of halogens is 2. The van der Waals surface area contributed by atoms with E-state index in [1.54, 1.807) is 13.8 Å². The van der Waals surface area contributed by atoms with Crippen molar-refractivity contribution < 1.29 is 14.0 Å². The van der Waals surface area contributed by atoms with Gasteiger partial charge < -0.3 is 10.6 Å². The fourth-order valence-corrected chi connectivity index (χ4v) is 1.71. The number of urea groups is 1. The average molecular weight is 332 g/mol. The topological polar surface area (TPSA) is 70.2 Å². The Bertz CT molecular complexity index is 482. The molecule has 104 valence electrons. The molecule has 0 heterocycles. The van der Waals surface area contributed by atoms with Gasteiger partial charge in [-0.25, -0.2) is 9.18 Å². The van der Waals surface area contributed by atoms with Crippen LogP contribution in [0.5, 0.6) is 0 Å². The number of nitrogens with one attached hydrogen (secondary N) is 3. The maximum Gasteiger partial charge on any atom is 0.321 e. The lowest BCUT2D eigenvalue weighted by molar-refractivity contribution is -0.120. The average Bonchev–Trinajstić information content (AvgIpc) is 2.34. The third kappa shape index (κ3) is 4.86. The summed E-state index contributed by atoms with van der Waals surface area (Å²) < 4.78 is 13.3. The first kappa shape index (κ1) is 15.4. The van der Waals surface area contributed by atoms with Crippen molar-refractivity contribution in [2.45, 2.75) is 19.9 Å². The summed E-state index contributed by atoms with van der Waals surface area (Å²) in [7, 11) is 0. The Kier molecular flexibility index (Phi) is 5.75. The summed E-state index contributed by atoms with van der Waals surface area (Å²) in [4.78, 5) is 22.8. The molecule has 0 fully saturated rings. The van der Waals surface area contributed by atoms with Gasteiger partial charge in [0.2, 0.25) is 5.91 Å². The summed E-state index contributed by atoms with van der Waals surface area (Å²) in [6.07, 6.45) is 0. The highest BCUT2D eigenvalue weighted by Gasteiger charge is 2.15. The minimum atomic E-state index is -0.625. The number of hydrogen-bond donors (Lipinski definition) is 3. The molecular formula is C12H15BrFN3O2. The molecule has 5 nitrogen and oxygen atoms in total. The lowest BCUT2D eigenvalue weighted by Gasteiger charge is -2.15. The van der Waals surface area contributed by atoms with E-state index in [0.29, 0.717) is 16.7 Å². The molecule has 0 radical (unpaired) electrons. The van der Waals surface area contributed by atoms with Crippen LogP contribution in [0.25, 0.3) is 0 Å². The van der Waals surface area contributed by atoms with Gasteiger partial charge in [0.1, 0.15) is 11.9 Å². The van der Waals surface area contributed by atoms with Crippen molar-refractivity contribution in [3.05, 3.63) is 28.5 Å². The summed E-state index contributed by atoms with van der Waals surface area (Å²) >= 11 is 3.05. The molecule has 0 spiro atoms. The van der Waals surface area contributed by atoms with E-state index in [1.807, 2.05) is 0 Å². The lowest BCUT2D eigenvalue weighted by atomic mass is 10.2. The first-order valence-corrected chi connectivity index (χ1v) is 6.53. The van der Waals surface area contributed by atoms with Crippen molar-refractivity contribution in [1.82, 2.24) is 10.6 Å².